The van der Waals surface area contributed by atoms with Gasteiger partial charge in [0.25, 0.3) is 0 Å². The number of ether oxygens (including phenoxy) is 1. The lowest BCUT2D eigenvalue weighted by atomic mass is 9.73. The van der Waals surface area contributed by atoms with E-state index in [-0.39, 0.29) is 0 Å². The number of methoxy groups -OCH3 is 1. The van der Waals surface area contributed by atoms with Crippen molar-refractivity contribution in [2.45, 2.75) is 38.1 Å². The van der Waals surface area contributed by atoms with Crippen LogP contribution in [0, 0.1) is 11.8 Å². The van der Waals surface area contributed by atoms with Crippen LogP contribution in [0.3, 0.4) is 0 Å². The third-order valence-corrected chi connectivity index (χ3v) is 3.68. The lowest BCUT2D eigenvalue weighted by molar-refractivity contribution is 0.0687. The first kappa shape index (κ1) is 9.47. The largest absolute Gasteiger partial charge is 0.384 e. The second-order valence-electron chi connectivity index (χ2n) is 4.53. The minimum Gasteiger partial charge on any atom is -0.384 e. The van der Waals surface area contributed by atoms with E-state index in [1.54, 1.807) is 0 Å². The molecule has 0 bridgehead atoms. The van der Waals surface area contributed by atoms with Crippen LogP contribution in [0.25, 0.3) is 0 Å². The van der Waals surface area contributed by atoms with Crippen LogP contribution in [0.5, 0.6) is 0 Å². The van der Waals surface area contributed by atoms with Gasteiger partial charge in [0.2, 0.25) is 0 Å². The van der Waals surface area contributed by atoms with Gasteiger partial charge in [-0.15, -0.1) is 0 Å². The summed E-state index contributed by atoms with van der Waals surface area (Å²) in [5.74, 6) is 1.73. The minimum atomic E-state index is 0.766. The van der Waals surface area contributed by atoms with E-state index in [1.807, 2.05) is 7.11 Å². The fraction of sp³-hybridized carbons (Fsp3) is 1.00. The summed E-state index contributed by atoms with van der Waals surface area (Å²) in [6.07, 6.45) is 7.04. The molecule has 76 valence electrons. The molecule has 0 aromatic heterocycles. The first-order chi connectivity index (χ1) is 6.42. The standard InChI is InChI=1S/C11H21NO/c1-13-8-10-5-2-4-9-6-3-7-12-11(9)10/h9-12H,2-8H2,1H3. The number of fused-ring (bicyclic) bond motifs is 1. The van der Waals surface area contributed by atoms with Gasteiger partial charge in [0.1, 0.15) is 0 Å². The Morgan fingerprint density at radius 3 is 2.92 bits per heavy atom. The van der Waals surface area contributed by atoms with Crippen molar-refractivity contribution in [2.75, 3.05) is 20.3 Å². The molecule has 0 spiro atoms. The van der Waals surface area contributed by atoms with Gasteiger partial charge in [-0.25, -0.2) is 0 Å². The molecule has 1 N–H and O–H groups in total. The molecular weight excluding hydrogens is 162 g/mol. The number of nitrogens with one attached hydrogen (secondary N) is 1. The molecule has 0 aromatic rings. The zero-order valence-electron chi connectivity index (χ0n) is 8.59. The van der Waals surface area contributed by atoms with Crippen molar-refractivity contribution < 1.29 is 4.74 Å². The monoisotopic (exact) mass is 183 g/mol. The van der Waals surface area contributed by atoms with E-state index in [4.69, 9.17) is 4.74 Å². The maximum atomic E-state index is 5.29. The lowest BCUT2D eigenvalue weighted by Gasteiger charge is -2.41. The van der Waals surface area contributed by atoms with E-state index >= 15 is 0 Å². The van der Waals surface area contributed by atoms with E-state index in [2.05, 4.69) is 5.32 Å². The minimum absolute atomic E-state index is 0.766. The maximum absolute atomic E-state index is 5.29. The third kappa shape index (κ3) is 2.05. The Labute approximate surface area is 81.0 Å². The van der Waals surface area contributed by atoms with Crippen molar-refractivity contribution >= 4 is 0 Å². The maximum Gasteiger partial charge on any atom is 0.0505 e. The van der Waals surface area contributed by atoms with Gasteiger partial charge < -0.3 is 10.1 Å². The molecule has 1 aliphatic carbocycles. The summed E-state index contributed by atoms with van der Waals surface area (Å²) in [6, 6.07) is 0.766. The van der Waals surface area contributed by atoms with Crippen LogP contribution in [0.4, 0.5) is 0 Å². The summed E-state index contributed by atoms with van der Waals surface area (Å²) in [7, 11) is 1.83. The summed E-state index contributed by atoms with van der Waals surface area (Å²) in [4.78, 5) is 0. The van der Waals surface area contributed by atoms with Crippen LogP contribution in [-0.4, -0.2) is 26.3 Å². The van der Waals surface area contributed by atoms with Gasteiger partial charge in [0, 0.05) is 13.2 Å². The van der Waals surface area contributed by atoms with Crippen molar-refractivity contribution in [1.82, 2.24) is 5.32 Å². The average molecular weight is 183 g/mol. The number of piperidine rings is 1. The Bertz CT molecular complexity index is 156. The average Bonchev–Trinajstić information content (AvgIpc) is 2.19. The van der Waals surface area contributed by atoms with Crippen LogP contribution in [0.2, 0.25) is 0 Å². The predicted octanol–water partition coefficient (Wildman–Crippen LogP) is 1.80. The van der Waals surface area contributed by atoms with Crippen molar-refractivity contribution in [3.05, 3.63) is 0 Å². The molecular formula is C11H21NO. The highest BCUT2D eigenvalue weighted by molar-refractivity contribution is 4.90. The Kier molecular flexibility index (Phi) is 3.23. The molecule has 2 heteroatoms. The molecule has 1 heterocycles. The van der Waals surface area contributed by atoms with E-state index in [9.17, 15) is 0 Å². The molecule has 2 fully saturated rings. The summed E-state index contributed by atoms with van der Waals surface area (Å²) >= 11 is 0. The molecule has 3 unspecified atom stereocenters. The fourth-order valence-electron chi connectivity index (χ4n) is 3.08. The Morgan fingerprint density at radius 1 is 1.23 bits per heavy atom. The van der Waals surface area contributed by atoms with Gasteiger partial charge in [-0.3, -0.25) is 0 Å². The molecule has 1 saturated carbocycles. The first-order valence-electron chi connectivity index (χ1n) is 5.64. The molecule has 1 aliphatic heterocycles. The summed E-state index contributed by atoms with van der Waals surface area (Å²) in [5.41, 5.74) is 0. The van der Waals surface area contributed by atoms with Crippen LogP contribution < -0.4 is 5.32 Å². The van der Waals surface area contributed by atoms with Gasteiger partial charge in [0.05, 0.1) is 6.61 Å². The SMILES string of the molecule is COCC1CCCC2CCCNC21. The number of hydrogen-bond acceptors (Lipinski definition) is 2. The molecule has 0 radical (unpaired) electrons. The molecule has 2 rings (SSSR count). The topological polar surface area (TPSA) is 21.3 Å². The molecule has 0 amide bonds. The third-order valence-electron chi connectivity index (χ3n) is 3.68. The second-order valence-corrected chi connectivity index (χ2v) is 4.53. The molecule has 13 heavy (non-hydrogen) atoms. The van der Waals surface area contributed by atoms with E-state index < -0.39 is 0 Å². The Balaban J connectivity index is 1.94. The number of hydrogen-bond donors (Lipinski definition) is 1. The van der Waals surface area contributed by atoms with Gasteiger partial charge in [-0.05, 0) is 44.1 Å². The van der Waals surface area contributed by atoms with Crippen LogP contribution in [0.15, 0.2) is 0 Å². The van der Waals surface area contributed by atoms with Gasteiger partial charge >= 0.3 is 0 Å². The van der Waals surface area contributed by atoms with E-state index in [0.717, 1.165) is 24.5 Å². The van der Waals surface area contributed by atoms with Gasteiger partial charge in [-0.1, -0.05) is 6.42 Å². The quantitative estimate of drug-likeness (QED) is 0.705. The van der Waals surface area contributed by atoms with E-state index in [1.165, 1.54) is 38.6 Å². The van der Waals surface area contributed by atoms with E-state index in [0.29, 0.717) is 0 Å². The highest BCUT2D eigenvalue weighted by Crippen LogP contribution is 2.34. The molecule has 2 nitrogen and oxygen atoms in total. The second kappa shape index (κ2) is 4.43. The zero-order valence-corrected chi connectivity index (χ0v) is 8.59. The molecule has 3 atom stereocenters. The lowest BCUT2D eigenvalue weighted by Crippen LogP contribution is -2.49. The number of rotatable bonds is 2. The molecule has 1 saturated heterocycles. The van der Waals surface area contributed by atoms with Gasteiger partial charge in [0.15, 0.2) is 0 Å². The highest BCUT2D eigenvalue weighted by atomic mass is 16.5. The summed E-state index contributed by atoms with van der Waals surface area (Å²) in [5, 5.41) is 3.68. The van der Waals surface area contributed by atoms with Crippen LogP contribution in [0.1, 0.15) is 32.1 Å². The predicted molar refractivity (Wildman–Crippen MR) is 53.7 cm³/mol. The van der Waals surface area contributed by atoms with Crippen LogP contribution >= 0.6 is 0 Å². The Morgan fingerprint density at radius 2 is 2.08 bits per heavy atom. The first-order valence-corrected chi connectivity index (χ1v) is 5.64. The highest BCUT2D eigenvalue weighted by Gasteiger charge is 2.34. The van der Waals surface area contributed by atoms with Crippen LogP contribution in [-0.2, 0) is 4.74 Å². The van der Waals surface area contributed by atoms with Crippen molar-refractivity contribution in [3.8, 4) is 0 Å². The Hall–Kier alpha value is -0.0800. The zero-order chi connectivity index (χ0) is 9.10. The normalized spacial score (nSPS) is 39.9. The summed E-state index contributed by atoms with van der Waals surface area (Å²) < 4.78 is 5.29. The molecule has 0 aromatic carbocycles. The molecule has 2 aliphatic rings. The summed E-state index contributed by atoms with van der Waals surface area (Å²) in [6.45, 7) is 2.18. The fourth-order valence-corrected chi connectivity index (χ4v) is 3.08. The van der Waals surface area contributed by atoms with Crippen molar-refractivity contribution in [3.63, 3.8) is 0 Å². The van der Waals surface area contributed by atoms with Crippen molar-refractivity contribution in [2.24, 2.45) is 11.8 Å². The van der Waals surface area contributed by atoms with Crippen molar-refractivity contribution in [1.29, 1.82) is 0 Å². The van der Waals surface area contributed by atoms with Gasteiger partial charge in [-0.2, -0.15) is 0 Å². The smallest absolute Gasteiger partial charge is 0.0505 e.